The minimum absolute atomic E-state index is 0.0934. The molecule has 0 radical (unpaired) electrons. The number of nitrogens with one attached hydrogen (secondary N) is 1. The highest BCUT2D eigenvalue weighted by Gasteiger charge is 2.40. The highest BCUT2D eigenvalue weighted by molar-refractivity contribution is 5.78. The Hall–Kier alpha value is -1.62. The van der Waals surface area contributed by atoms with Gasteiger partial charge in [-0.3, -0.25) is 4.79 Å². The van der Waals surface area contributed by atoms with Gasteiger partial charge in [-0.05, 0) is 61.8 Å². The van der Waals surface area contributed by atoms with Crippen LogP contribution in [0.25, 0.3) is 0 Å². The molecule has 0 aliphatic heterocycles. The van der Waals surface area contributed by atoms with Crippen LogP contribution in [0, 0.1) is 23.6 Å². The number of nitrogens with two attached hydrogens (primary N) is 1. The van der Waals surface area contributed by atoms with Crippen LogP contribution in [0.15, 0.2) is 24.3 Å². The van der Waals surface area contributed by atoms with E-state index in [4.69, 9.17) is 10.5 Å². The number of carbonyl (C=O) groups excluding carboxylic acids is 1. The fourth-order valence-electron chi connectivity index (χ4n) is 4.02. The number of amides is 1. The molecule has 2 fully saturated rings. The molecule has 3 rings (SSSR count). The Balaban J connectivity index is 1.40. The Bertz CT molecular complexity index is 520. The average Bonchev–Trinajstić information content (AvgIpc) is 2.53. The van der Waals surface area contributed by atoms with E-state index in [2.05, 4.69) is 5.32 Å². The van der Waals surface area contributed by atoms with Gasteiger partial charge in [-0.25, -0.2) is 4.39 Å². The first-order chi connectivity index (χ1) is 11.1. The van der Waals surface area contributed by atoms with Crippen LogP contribution in [0.5, 0.6) is 5.75 Å². The van der Waals surface area contributed by atoms with E-state index < -0.39 is 0 Å². The Kier molecular flexibility index (Phi) is 5.16. The summed E-state index contributed by atoms with van der Waals surface area (Å²) in [6, 6.07) is 6.17. The first kappa shape index (κ1) is 16.2. The van der Waals surface area contributed by atoms with Gasteiger partial charge in [0, 0.05) is 12.0 Å². The Morgan fingerprint density at radius 3 is 2.52 bits per heavy atom. The van der Waals surface area contributed by atoms with Crippen molar-refractivity contribution in [2.24, 2.45) is 23.5 Å². The molecule has 0 heterocycles. The number of ether oxygens (including phenoxy) is 1. The van der Waals surface area contributed by atoms with E-state index in [1.54, 1.807) is 12.1 Å². The minimum Gasteiger partial charge on any atom is -0.492 e. The molecule has 2 atom stereocenters. The molecule has 2 bridgehead atoms. The Morgan fingerprint density at radius 1 is 1.22 bits per heavy atom. The zero-order chi connectivity index (χ0) is 16.2. The van der Waals surface area contributed by atoms with E-state index >= 15 is 0 Å². The second kappa shape index (κ2) is 7.30. The summed E-state index contributed by atoms with van der Waals surface area (Å²) < 4.78 is 18.3. The number of rotatable bonds is 5. The SMILES string of the molecule is NC1C2CCCC1CC(C(=O)NCCOc1ccc(F)cc1)C2. The summed E-state index contributed by atoms with van der Waals surface area (Å²) in [6.07, 6.45) is 5.41. The predicted molar refractivity (Wildman–Crippen MR) is 86.4 cm³/mol. The molecule has 3 N–H and O–H groups in total. The molecule has 2 unspecified atom stereocenters. The fourth-order valence-corrected chi connectivity index (χ4v) is 4.02. The van der Waals surface area contributed by atoms with Crippen LogP contribution in [-0.4, -0.2) is 25.1 Å². The largest absolute Gasteiger partial charge is 0.492 e. The van der Waals surface area contributed by atoms with Crippen molar-refractivity contribution in [3.05, 3.63) is 30.1 Å². The van der Waals surface area contributed by atoms with Gasteiger partial charge in [0.1, 0.15) is 18.2 Å². The first-order valence-electron chi connectivity index (χ1n) is 8.55. The monoisotopic (exact) mass is 320 g/mol. The predicted octanol–water partition coefficient (Wildman–Crippen LogP) is 2.47. The molecular formula is C18H25FN2O2. The number of benzene rings is 1. The summed E-state index contributed by atoms with van der Waals surface area (Å²) in [4.78, 5) is 12.3. The van der Waals surface area contributed by atoms with Crippen molar-refractivity contribution in [2.75, 3.05) is 13.2 Å². The number of hydrogen-bond donors (Lipinski definition) is 2. The third-order valence-corrected chi connectivity index (χ3v) is 5.27. The summed E-state index contributed by atoms with van der Waals surface area (Å²) >= 11 is 0. The van der Waals surface area contributed by atoms with Gasteiger partial charge in [0.25, 0.3) is 0 Å². The van der Waals surface area contributed by atoms with Crippen molar-refractivity contribution < 1.29 is 13.9 Å². The Morgan fingerprint density at radius 2 is 1.87 bits per heavy atom. The summed E-state index contributed by atoms with van der Waals surface area (Å²) in [5.74, 6) is 1.56. The molecule has 2 saturated carbocycles. The van der Waals surface area contributed by atoms with E-state index in [9.17, 15) is 9.18 Å². The Labute approximate surface area is 136 Å². The summed E-state index contributed by atoms with van der Waals surface area (Å²) in [7, 11) is 0. The quantitative estimate of drug-likeness (QED) is 0.819. The highest BCUT2D eigenvalue weighted by Crippen LogP contribution is 2.41. The molecule has 4 nitrogen and oxygen atoms in total. The van der Waals surface area contributed by atoms with Gasteiger partial charge in [0.15, 0.2) is 0 Å². The standard InChI is InChI=1S/C18H25FN2O2/c19-15-4-6-16(7-5-15)23-9-8-21-18(22)14-10-12-2-1-3-13(11-14)17(12)20/h4-7,12-14,17H,1-3,8-11,20H2,(H,21,22). The van der Waals surface area contributed by atoms with Gasteiger partial charge in [-0.15, -0.1) is 0 Å². The maximum Gasteiger partial charge on any atom is 0.223 e. The summed E-state index contributed by atoms with van der Waals surface area (Å²) in [5.41, 5.74) is 6.26. The second-order valence-corrected chi connectivity index (χ2v) is 6.79. The van der Waals surface area contributed by atoms with Crippen molar-refractivity contribution >= 4 is 5.91 Å². The molecule has 2 aliphatic rings. The number of halogens is 1. The normalized spacial score (nSPS) is 29.8. The molecule has 0 aromatic heterocycles. The smallest absolute Gasteiger partial charge is 0.223 e. The van der Waals surface area contributed by atoms with E-state index in [1.807, 2.05) is 0 Å². The maximum absolute atomic E-state index is 12.8. The lowest BCUT2D eigenvalue weighted by molar-refractivity contribution is -0.128. The lowest BCUT2D eigenvalue weighted by Crippen LogP contribution is -2.49. The molecule has 1 aromatic rings. The maximum atomic E-state index is 12.8. The lowest BCUT2D eigenvalue weighted by Gasteiger charge is -2.43. The van der Waals surface area contributed by atoms with Crippen LogP contribution in [0.2, 0.25) is 0 Å². The van der Waals surface area contributed by atoms with Crippen LogP contribution in [0.1, 0.15) is 32.1 Å². The third kappa shape index (κ3) is 4.02. The van der Waals surface area contributed by atoms with Crippen LogP contribution in [0.3, 0.4) is 0 Å². The van der Waals surface area contributed by atoms with Crippen molar-refractivity contribution in [3.8, 4) is 5.75 Å². The van der Waals surface area contributed by atoms with Crippen molar-refractivity contribution in [2.45, 2.75) is 38.1 Å². The number of fused-ring (bicyclic) bond motifs is 2. The zero-order valence-electron chi connectivity index (χ0n) is 13.3. The van der Waals surface area contributed by atoms with E-state index in [0.29, 0.717) is 30.7 Å². The zero-order valence-corrected chi connectivity index (χ0v) is 13.3. The molecular weight excluding hydrogens is 295 g/mol. The van der Waals surface area contributed by atoms with Crippen LogP contribution in [-0.2, 0) is 4.79 Å². The van der Waals surface area contributed by atoms with Crippen molar-refractivity contribution in [3.63, 3.8) is 0 Å². The second-order valence-electron chi connectivity index (χ2n) is 6.79. The molecule has 0 saturated heterocycles. The molecule has 1 aromatic carbocycles. The molecule has 2 aliphatic carbocycles. The molecule has 0 spiro atoms. The van der Waals surface area contributed by atoms with Gasteiger partial charge in [0.2, 0.25) is 5.91 Å². The number of carbonyl (C=O) groups is 1. The van der Waals surface area contributed by atoms with Crippen LogP contribution in [0.4, 0.5) is 4.39 Å². The minimum atomic E-state index is -0.285. The molecule has 23 heavy (non-hydrogen) atoms. The van der Waals surface area contributed by atoms with Crippen LogP contribution >= 0.6 is 0 Å². The average molecular weight is 320 g/mol. The van der Waals surface area contributed by atoms with E-state index in [-0.39, 0.29) is 23.7 Å². The van der Waals surface area contributed by atoms with Gasteiger partial charge < -0.3 is 15.8 Å². The molecule has 126 valence electrons. The lowest BCUT2D eigenvalue weighted by atomic mass is 9.65. The summed E-state index contributed by atoms with van der Waals surface area (Å²) in [6.45, 7) is 0.852. The van der Waals surface area contributed by atoms with Gasteiger partial charge in [0.05, 0.1) is 6.54 Å². The van der Waals surface area contributed by atoms with E-state index in [1.165, 1.54) is 18.6 Å². The van der Waals surface area contributed by atoms with Crippen molar-refractivity contribution in [1.82, 2.24) is 5.32 Å². The molecule has 1 amide bonds. The highest BCUT2D eigenvalue weighted by atomic mass is 19.1. The summed E-state index contributed by atoms with van der Waals surface area (Å²) in [5, 5.41) is 2.96. The fraction of sp³-hybridized carbons (Fsp3) is 0.611. The number of hydrogen-bond acceptors (Lipinski definition) is 3. The molecule has 5 heteroatoms. The van der Waals surface area contributed by atoms with Crippen molar-refractivity contribution in [1.29, 1.82) is 0 Å². The topological polar surface area (TPSA) is 64.4 Å². The first-order valence-corrected chi connectivity index (χ1v) is 8.55. The van der Waals surface area contributed by atoms with E-state index in [0.717, 1.165) is 25.7 Å². The van der Waals surface area contributed by atoms with Crippen LogP contribution < -0.4 is 15.8 Å². The van der Waals surface area contributed by atoms with Gasteiger partial charge >= 0.3 is 0 Å². The van der Waals surface area contributed by atoms with Gasteiger partial charge in [-0.1, -0.05) is 6.42 Å². The van der Waals surface area contributed by atoms with Gasteiger partial charge in [-0.2, -0.15) is 0 Å². The third-order valence-electron chi connectivity index (χ3n) is 5.27.